The number of para-hydroxylation sites is 1. The summed E-state index contributed by atoms with van der Waals surface area (Å²) >= 11 is 0. The van der Waals surface area contributed by atoms with E-state index in [4.69, 9.17) is 0 Å². The molecule has 0 radical (unpaired) electrons. The molecule has 1 aromatic carbocycles. The molecule has 1 amide bonds. The Hall–Kier alpha value is -2.36. The standard InChI is InChI=1S/C22H31N3O/c1-6-12-25(13-7-2)21(26)17-14-18(16-23-15-17)24-20-11-9-8-10-19(20)22(3,4)5/h8-11,14-16,24H,6-7,12-13H2,1-5H3. The van der Waals surface area contributed by atoms with Gasteiger partial charge in [-0.25, -0.2) is 0 Å². The van der Waals surface area contributed by atoms with Crippen LogP contribution in [0.2, 0.25) is 0 Å². The van der Waals surface area contributed by atoms with Crippen LogP contribution in [0, 0.1) is 0 Å². The van der Waals surface area contributed by atoms with Crippen LogP contribution in [0.25, 0.3) is 0 Å². The first-order valence-corrected chi connectivity index (χ1v) is 9.47. The average Bonchev–Trinajstić information content (AvgIpc) is 2.61. The van der Waals surface area contributed by atoms with E-state index in [1.807, 2.05) is 17.0 Å². The second-order valence-electron chi connectivity index (χ2n) is 7.68. The SMILES string of the molecule is CCCN(CCC)C(=O)c1cncc(Nc2ccccc2C(C)(C)C)c1. The molecule has 0 aliphatic heterocycles. The molecule has 1 aromatic heterocycles. The molecule has 2 aromatic rings. The number of benzene rings is 1. The summed E-state index contributed by atoms with van der Waals surface area (Å²) in [7, 11) is 0. The second kappa shape index (κ2) is 8.84. The first-order chi connectivity index (χ1) is 12.4. The Morgan fingerprint density at radius 1 is 1.08 bits per heavy atom. The largest absolute Gasteiger partial charge is 0.354 e. The Morgan fingerprint density at radius 3 is 2.35 bits per heavy atom. The van der Waals surface area contributed by atoms with Crippen LogP contribution in [0.3, 0.4) is 0 Å². The van der Waals surface area contributed by atoms with E-state index in [0.29, 0.717) is 5.56 Å². The highest BCUT2D eigenvalue weighted by molar-refractivity contribution is 5.95. The van der Waals surface area contributed by atoms with Gasteiger partial charge in [0.1, 0.15) is 0 Å². The van der Waals surface area contributed by atoms with Crippen molar-refractivity contribution in [2.45, 2.75) is 52.9 Å². The molecule has 0 unspecified atom stereocenters. The van der Waals surface area contributed by atoms with Gasteiger partial charge >= 0.3 is 0 Å². The van der Waals surface area contributed by atoms with Crippen molar-refractivity contribution in [3.05, 3.63) is 53.9 Å². The van der Waals surface area contributed by atoms with Gasteiger partial charge < -0.3 is 10.2 Å². The lowest BCUT2D eigenvalue weighted by atomic mass is 9.86. The van der Waals surface area contributed by atoms with Gasteiger partial charge in [0.25, 0.3) is 5.91 Å². The molecule has 2 rings (SSSR count). The first-order valence-electron chi connectivity index (χ1n) is 9.47. The van der Waals surface area contributed by atoms with Crippen molar-refractivity contribution in [1.82, 2.24) is 9.88 Å². The maximum absolute atomic E-state index is 12.8. The third-order valence-electron chi connectivity index (χ3n) is 4.27. The molecule has 0 spiro atoms. The van der Waals surface area contributed by atoms with Crippen molar-refractivity contribution >= 4 is 17.3 Å². The van der Waals surface area contributed by atoms with Crippen molar-refractivity contribution in [3.8, 4) is 0 Å². The van der Waals surface area contributed by atoms with Gasteiger partial charge in [0.15, 0.2) is 0 Å². The topological polar surface area (TPSA) is 45.2 Å². The number of anilines is 2. The Kier molecular flexibility index (Phi) is 6.78. The van der Waals surface area contributed by atoms with Gasteiger partial charge in [0, 0.05) is 25.0 Å². The second-order valence-corrected chi connectivity index (χ2v) is 7.68. The quantitative estimate of drug-likeness (QED) is 0.726. The molecule has 0 saturated carbocycles. The van der Waals surface area contributed by atoms with Crippen molar-refractivity contribution in [2.75, 3.05) is 18.4 Å². The molecule has 0 fully saturated rings. The maximum Gasteiger partial charge on any atom is 0.255 e. The number of hydrogen-bond acceptors (Lipinski definition) is 3. The van der Waals surface area contributed by atoms with Crippen LogP contribution in [0.4, 0.5) is 11.4 Å². The lowest BCUT2D eigenvalue weighted by Gasteiger charge is -2.24. The number of carbonyl (C=O) groups is 1. The third kappa shape index (κ3) is 5.07. The number of rotatable bonds is 7. The fraction of sp³-hybridized carbons (Fsp3) is 0.455. The zero-order valence-electron chi connectivity index (χ0n) is 16.7. The molecule has 26 heavy (non-hydrogen) atoms. The fourth-order valence-electron chi connectivity index (χ4n) is 3.06. The smallest absolute Gasteiger partial charge is 0.255 e. The van der Waals surface area contributed by atoms with Gasteiger partial charge in [0.05, 0.1) is 17.4 Å². The van der Waals surface area contributed by atoms with E-state index in [-0.39, 0.29) is 11.3 Å². The molecule has 4 nitrogen and oxygen atoms in total. The molecule has 0 aliphatic carbocycles. The Balaban J connectivity index is 2.26. The van der Waals surface area contributed by atoms with Crippen molar-refractivity contribution < 1.29 is 4.79 Å². The van der Waals surface area contributed by atoms with E-state index >= 15 is 0 Å². The van der Waals surface area contributed by atoms with Crippen LogP contribution in [0.1, 0.15) is 63.4 Å². The van der Waals surface area contributed by atoms with Crippen LogP contribution in [0.5, 0.6) is 0 Å². The van der Waals surface area contributed by atoms with E-state index in [9.17, 15) is 4.79 Å². The highest BCUT2D eigenvalue weighted by atomic mass is 16.2. The van der Waals surface area contributed by atoms with Gasteiger partial charge in [-0.2, -0.15) is 0 Å². The number of nitrogens with zero attached hydrogens (tertiary/aromatic N) is 2. The lowest BCUT2D eigenvalue weighted by molar-refractivity contribution is 0.0755. The molecule has 0 saturated heterocycles. The monoisotopic (exact) mass is 353 g/mol. The molecule has 140 valence electrons. The molecule has 1 heterocycles. The highest BCUT2D eigenvalue weighted by Gasteiger charge is 2.18. The summed E-state index contributed by atoms with van der Waals surface area (Å²) in [6.07, 6.45) is 5.33. The number of carbonyl (C=O) groups excluding carboxylic acids is 1. The first kappa shape index (κ1) is 20.0. The number of hydrogen-bond donors (Lipinski definition) is 1. The molecule has 0 atom stereocenters. The van der Waals surface area contributed by atoms with Crippen molar-refractivity contribution in [2.24, 2.45) is 0 Å². The average molecular weight is 354 g/mol. The predicted molar refractivity (Wildman–Crippen MR) is 109 cm³/mol. The lowest BCUT2D eigenvalue weighted by Crippen LogP contribution is -2.32. The van der Waals surface area contributed by atoms with E-state index in [1.54, 1.807) is 12.4 Å². The Bertz CT molecular complexity index is 728. The molecule has 4 heteroatoms. The Labute approximate surface area is 157 Å². The third-order valence-corrected chi connectivity index (χ3v) is 4.27. The summed E-state index contributed by atoms with van der Waals surface area (Å²) in [6, 6.07) is 10.2. The minimum atomic E-state index is 0.0313. The fourth-order valence-corrected chi connectivity index (χ4v) is 3.06. The minimum absolute atomic E-state index is 0.0313. The van der Waals surface area contributed by atoms with E-state index < -0.39 is 0 Å². The van der Waals surface area contributed by atoms with Gasteiger partial charge in [-0.05, 0) is 36.0 Å². The minimum Gasteiger partial charge on any atom is -0.354 e. The summed E-state index contributed by atoms with van der Waals surface area (Å²) in [5.41, 5.74) is 3.77. The number of pyridine rings is 1. The van der Waals surface area contributed by atoms with Crippen LogP contribution in [0.15, 0.2) is 42.7 Å². The summed E-state index contributed by atoms with van der Waals surface area (Å²) in [5.74, 6) is 0.0500. The number of aromatic nitrogens is 1. The maximum atomic E-state index is 12.8. The Morgan fingerprint density at radius 2 is 1.73 bits per heavy atom. The molecular weight excluding hydrogens is 322 g/mol. The summed E-state index contributed by atoms with van der Waals surface area (Å²) in [5, 5.41) is 3.44. The van der Waals surface area contributed by atoms with Crippen LogP contribution in [-0.4, -0.2) is 28.9 Å². The summed E-state index contributed by atoms with van der Waals surface area (Å²) < 4.78 is 0. The zero-order valence-corrected chi connectivity index (χ0v) is 16.7. The summed E-state index contributed by atoms with van der Waals surface area (Å²) in [4.78, 5) is 19.0. The van der Waals surface area contributed by atoms with Crippen LogP contribution >= 0.6 is 0 Å². The molecule has 0 aliphatic rings. The van der Waals surface area contributed by atoms with E-state index in [0.717, 1.165) is 37.3 Å². The van der Waals surface area contributed by atoms with Crippen LogP contribution < -0.4 is 5.32 Å². The number of nitrogens with one attached hydrogen (secondary N) is 1. The van der Waals surface area contributed by atoms with Gasteiger partial charge in [-0.3, -0.25) is 9.78 Å². The summed E-state index contributed by atoms with van der Waals surface area (Å²) in [6.45, 7) is 12.3. The van der Waals surface area contributed by atoms with Gasteiger partial charge in [0.2, 0.25) is 0 Å². The van der Waals surface area contributed by atoms with E-state index in [1.165, 1.54) is 5.56 Å². The van der Waals surface area contributed by atoms with Crippen molar-refractivity contribution in [1.29, 1.82) is 0 Å². The van der Waals surface area contributed by atoms with E-state index in [2.05, 4.69) is 63.1 Å². The van der Waals surface area contributed by atoms with Crippen LogP contribution in [-0.2, 0) is 5.41 Å². The molecule has 1 N–H and O–H groups in total. The normalized spacial score (nSPS) is 11.3. The van der Waals surface area contributed by atoms with Gasteiger partial charge in [-0.15, -0.1) is 0 Å². The van der Waals surface area contributed by atoms with Crippen molar-refractivity contribution in [3.63, 3.8) is 0 Å². The van der Waals surface area contributed by atoms with Gasteiger partial charge in [-0.1, -0.05) is 52.8 Å². The predicted octanol–water partition coefficient (Wildman–Crippen LogP) is 5.38. The highest BCUT2D eigenvalue weighted by Crippen LogP contribution is 2.31. The number of amides is 1. The zero-order chi connectivity index (χ0) is 19.2. The molecular formula is C22H31N3O. The molecule has 0 bridgehead atoms.